The zero-order chi connectivity index (χ0) is 22.9. The normalized spacial score (nSPS) is 16.8. The van der Waals surface area contributed by atoms with Gasteiger partial charge in [0.25, 0.3) is 0 Å². The predicted octanol–water partition coefficient (Wildman–Crippen LogP) is 4.37. The first-order valence-corrected chi connectivity index (χ1v) is 11.3. The number of ether oxygens (including phenoxy) is 1. The Morgan fingerprint density at radius 3 is 2.64 bits per heavy atom. The topological polar surface area (TPSA) is 111 Å². The molecule has 33 heavy (non-hydrogen) atoms. The van der Waals surface area contributed by atoms with Gasteiger partial charge in [-0.15, -0.1) is 0 Å². The van der Waals surface area contributed by atoms with Crippen LogP contribution in [0.5, 0.6) is 5.75 Å². The van der Waals surface area contributed by atoms with Crippen LogP contribution < -0.4 is 10.1 Å². The molecule has 0 atom stereocenters. The summed E-state index contributed by atoms with van der Waals surface area (Å²) in [6.07, 6.45) is 0.936. The van der Waals surface area contributed by atoms with Gasteiger partial charge in [-0.1, -0.05) is 19.1 Å². The summed E-state index contributed by atoms with van der Waals surface area (Å²) < 4.78 is 5.94. The molecule has 1 fully saturated rings. The quantitative estimate of drug-likeness (QED) is 0.538. The Morgan fingerprint density at radius 1 is 1.09 bits per heavy atom. The minimum Gasteiger partial charge on any atom is -0.491 e. The molecule has 2 aromatic carbocycles. The van der Waals surface area contributed by atoms with Crippen LogP contribution in [0.4, 0.5) is 15.5 Å². The van der Waals surface area contributed by atoms with E-state index in [1.807, 2.05) is 40.1 Å². The van der Waals surface area contributed by atoms with Gasteiger partial charge >= 0.3 is 12.1 Å². The van der Waals surface area contributed by atoms with Gasteiger partial charge in [0.05, 0.1) is 24.1 Å². The van der Waals surface area contributed by atoms with Gasteiger partial charge in [-0.2, -0.15) is 0 Å². The van der Waals surface area contributed by atoms with Crippen LogP contribution in [0.15, 0.2) is 36.4 Å². The molecule has 3 aromatic rings. The Hall–Kier alpha value is -3.75. The maximum absolute atomic E-state index is 13.1. The lowest BCUT2D eigenvalue weighted by Gasteiger charge is -2.34. The summed E-state index contributed by atoms with van der Waals surface area (Å²) in [5.74, 6) is 1.66. The number of amides is 3. The highest BCUT2D eigenvalue weighted by molar-refractivity contribution is 5.87. The second-order valence-electron chi connectivity index (χ2n) is 8.79. The molecule has 9 nitrogen and oxygen atoms in total. The van der Waals surface area contributed by atoms with Crippen LogP contribution in [0.2, 0.25) is 0 Å². The fraction of sp³-hybridized carbons (Fsp3) is 0.375. The molecule has 1 saturated heterocycles. The molecule has 172 valence electrons. The number of nitrogens with one attached hydrogen (secondary N) is 2. The van der Waals surface area contributed by atoms with Crippen molar-refractivity contribution < 1.29 is 19.4 Å². The molecule has 3 amide bonds. The molecule has 1 aromatic heterocycles. The van der Waals surface area contributed by atoms with E-state index in [4.69, 9.17) is 9.84 Å². The van der Waals surface area contributed by atoms with E-state index in [9.17, 15) is 9.59 Å². The van der Waals surface area contributed by atoms with Gasteiger partial charge in [0.15, 0.2) is 0 Å². The van der Waals surface area contributed by atoms with Crippen molar-refractivity contribution in [3.8, 4) is 16.9 Å². The monoisotopic (exact) mass is 449 g/mol. The molecule has 2 aliphatic rings. The Bertz CT molecular complexity index is 1200. The Labute approximate surface area is 191 Å². The number of likely N-dealkylation sites (tertiary alicyclic amines) is 1. The number of aromatic amines is 1. The third-order valence-electron chi connectivity index (χ3n) is 6.41. The van der Waals surface area contributed by atoms with Crippen molar-refractivity contribution in [1.82, 2.24) is 19.8 Å². The zero-order valence-corrected chi connectivity index (χ0v) is 18.5. The Kier molecular flexibility index (Phi) is 5.53. The summed E-state index contributed by atoms with van der Waals surface area (Å²) in [5, 5.41) is 11.1. The summed E-state index contributed by atoms with van der Waals surface area (Å²) >= 11 is 0. The number of rotatable bonds is 2. The SMILES string of the molecule is CC1CCN(C(=O)N2CCOc3ccc(-c4ccc5nc(NC(=O)O)[nH]c5c4)cc3C2)CC1. The van der Waals surface area contributed by atoms with E-state index < -0.39 is 6.09 Å². The lowest BCUT2D eigenvalue weighted by molar-refractivity contribution is 0.129. The van der Waals surface area contributed by atoms with Crippen LogP contribution in [0, 0.1) is 5.92 Å². The molecule has 9 heteroatoms. The number of fused-ring (bicyclic) bond motifs is 2. The van der Waals surface area contributed by atoms with Crippen LogP contribution in [-0.2, 0) is 6.54 Å². The molecule has 0 radical (unpaired) electrons. The van der Waals surface area contributed by atoms with E-state index in [1.165, 1.54) is 0 Å². The van der Waals surface area contributed by atoms with Gasteiger partial charge in [-0.3, -0.25) is 5.32 Å². The first kappa shape index (κ1) is 21.1. The van der Waals surface area contributed by atoms with Crippen LogP contribution in [0.25, 0.3) is 22.2 Å². The number of hydrogen-bond acceptors (Lipinski definition) is 4. The molecule has 3 N–H and O–H groups in total. The average molecular weight is 450 g/mol. The van der Waals surface area contributed by atoms with Crippen LogP contribution >= 0.6 is 0 Å². The number of benzene rings is 2. The molecule has 0 saturated carbocycles. The van der Waals surface area contributed by atoms with E-state index >= 15 is 0 Å². The summed E-state index contributed by atoms with van der Waals surface area (Å²) in [6, 6.07) is 11.8. The van der Waals surface area contributed by atoms with Gasteiger partial charge in [-0.05, 0) is 54.2 Å². The van der Waals surface area contributed by atoms with Crippen LogP contribution in [0.1, 0.15) is 25.3 Å². The smallest absolute Gasteiger partial charge is 0.411 e. The lowest BCUT2D eigenvalue weighted by atomic mass is 9.99. The summed E-state index contributed by atoms with van der Waals surface area (Å²) in [5.41, 5.74) is 4.33. The number of anilines is 1. The minimum atomic E-state index is -1.17. The average Bonchev–Trinajstić information content (AvgIpc) is 3.06. The maximum Gasteiger partial charge on any atom is 0.411 e. The standard InChI is InChI=1S/C24H27N5O4/c1-15-6-8-28(9-7-15)24(32)29-10-11-33-21-5-3-16(12-18(21)14-29)17-2-4-19-20(13-17)26-22(25-19)27-23(30)31/h2-5,12-13,15H,6-11,14H2,1H3,(H,30,31)(H2,25,26,27). The fourth-order valence-electron chi connectivity index (χ4n) is 4.49. The van der Waals surface area contributed by atoms with Crippen molar-refractivity contribution in [3.05, 3.63) is 42.0 Å². The van der Waals surface area contributed by atoms with Gasteiger partial charge in [0, 0.05) is 18.7 Å². The van der Waals surface area contributed by atoms with Crippen molar-refractivity contribution in [2.45, 2.75) is 26.3 Å². The highest BCUT2D eigenvalue weighted by atomic mass is 16.5. The maximum atomic E-state index is 13.1. The molecule has 0 aliphatic carbocycles. The number of hydrogen-bond donors (Lipinski definition) is 3. The summed E-state index contributed by atoms with van der Waals surface area (Å²) in [6.45, 7) is 5.41. The van der Waals surface area contributed by atoms with E-state index in [1.54, 1.807) is 0 Å². The molecule has 0 bridgehead atoms. The second-order valence-corrected chi connectivity index (χ2v) is 8.79. The molecule has 0 spiro atoms. The summed E-state index contributed by atoms with van der Waals surface area (Å²) in [7, 11) is 0. The van der Waals surface area contributed by atoms with Crippen molar-refractivity contribution in [2.75, 3.05) is 31.6 Å². The third-order valence-corrected chi connectivity index (χ3v) is 6.41. The highest BCUT2D eigenvalue weighted by Gasteiger charge is 2.27. The largest absolute Gasteiger partial charge is 0.491 e. The highest BCUT2D eigenvalue weighted by Crippen LogP contribution is 2.31. The number of imidazole rings is 1. The predicted molar refractivity (Wildman–Crippen MR) is 124 cm³/mol. The van der Waals surface area contributed by atoms with Gasteiger partial charge < -0.3 is 24.6 Å². The molecule has 2 aliphatic heterocycles. The van der Waals surface area contributed by atoms with Gasteiger partial charge in [0.2, 0.25) is 5.95 Å². The Balaban J connectivity index is 1.38. The lowest BCUT2D eigenvalue weighted by Crippen LogP contribution is -2.46. The van der Waals surface area contributed by atoms with Crippen molar-refractivity contribution in [3.63, 3.8) is 0 Å². The van der Waals surface area contributed by atoms with Crippen LogP contribution in [-0.4, -0.2) is 63.2 Å². The first-order valence-electron chi connectivity index (χ1n) is 11.3. The zero-order valence-electron chi connectivity index (χ0n) is 18.5. The van der Waals surface area contributed by atoms with Crippen molar-refractivity contribution >= 4 is 29.1 Å². The third kappa shape index (κ3) is 4.44. The number of urea groups is 1. The number of nitrogens with zero attached hydrogens (tertiary/aromatic N) is 3. The molecule has 0 unspecified atom stereocenters. The molecule has 3 heterocycles. The number of piperidine rings is 1. The van der Waals surface area contributed by atoms with Crippen molar-refractivity contribution in [1.29, 1.82) is 0 Å². The molecular formula is C24H27N5O4. The number of carbonyl (C=O) groups is 2. The van der Waals surface area contributed by atoms with Gasteiger partial charge in [0.1, 0.15) is 12.4 Å². The number of aromatic nitrogens is 2. The van der Waals surface area contributed by atoms with Gasteiger partial charge in [-0.25, -0.2) is 14.6 Å². The minimum absolute atomic E-state index is 0.0843. The Morgan fingerprint density at radius 2 is 1.85 bits per heavy atom. The number of H-pyrrole nitrogens is 1. The van der Waals surface area contributed by atoms with E-state index in [-0.39, 0.29) is 12.0 Å². The molecule has 5 rings (SSSR count). The second kappa shape index (κ2) is 8.65. The number of carbonyl (C=O) groups excluding carboxylic acids is 1. The van der Waals surface area contributed by atoms with Crippen molar-refractivity contribution in [2.24, 2.45) is 5.92 Å². The molecular weight excluding hydrogens is 422 g/mol. The van der Waals surface area contributed by atoms with E-state index in [2.05, 4.69) is 28.3 Å². The van der Waals surface area contributed by atoms with E-state index in [0.29, 0.717) is 31.1 Å². The fourth-order valence-corrected chi connectivity index (χ4v) is 4.49. The first-order chi connectivity index (χ1) is 16.0. The summed E-state index contributed by atoms with van der Waals surface area (Å²) in [4.78, 5) is 35.1. The number of carboxylic acid groups (broad SMARTS) is 1. The van der Waals surface area contributed by atoms with E-state index in [0.717, 1.165) is 53.9 Å². The van der Waals surface area contributed by atoms with Crippen LogP contribution in [0.3, 0.4) is 0 Å².